The molecule has 0 fully saturated rings. The van der Waals surface area contributed by atoms with Gasteiger partial charge in [0.25, 0.3) is 5.91 Å². The predicted molar refractivity (Wildman–Crippen MR) is 87.6 cm³/mol. The first-order valence-electron chi connectivity index (χ1n) is 6.03. The average molecular weight is 366 g/mol. The zero-order chi connectivity index (χ0) is 15.0. The quantitative estimate of drug-likeness (QED) is 0.477. The zero-order valence-corrected chi connectivity index (χ0v) is 13.0. The van der Waals surface area contributed by atoms with Crippen LogP contribution in [0.2, 0.25) is 5.15 Å². The van der Waals surface area contributed by atoms with Gasteiger partial charge in [-0.2, -0.15) is 0 Å². The monoisotopic (exact) mass is 364 g/mol. The molecular formula is C14H10BrClN4O. The number of nitrogens with zero attached hydrogens (tertiary/aromatic N) is 1. The summed E-state index contributed by atoms with van der Waals surface area (Å²) in [6.07, 6.45) is 3.14. The molecule has 0 atom stereocenters. The van der Waals surface area contributed by atoms with E-state index in [1.54, 1.807) is 24.4 Å². The summed E-state index contributed by atoms with van der Waals surface area (Å²) in [7, 11) is 0. The molecule has 0 aliphatic rings. The lowest BCUT2D eigenvalue weighted by Crippen LogP contribution is -2.11. The fourth-order valence-electron chi connectivity index (χ4n) is 2.01. The molecule has 7 heteroatoms. The van der Waals surface area contributed by atoms with Crippen molar-refractivity contribution in [3.05, 3.63) is 51.8 Å². The molecular weight excluding hydrogens is 356 g/mol. The predicted octanol–water partition coefficient (Wildman–Crippen LogP) is 3.81. The largest absolute Gasteiger partial charge is 0.399 e. The number of carbonyl (C=O) groups is 1. The molecule has 2 heterocycles. The average Bonchev–Trinajstić information content (AvgIpc) is 2.86. The Balaban J connectivity index is 1.93. The summed E-state index contributed by atoms with van der Waals surface area (Å²) in [5.74, 6) is -0.247. The highest BCUT2D eigenvalue weighted by molar-refractivity contribution is 9.10. The van der Waals surface area contributed by atoms with Crippen LogP contribution in [0.3, 0.4) is 0 Å². The first-order chi connectivity index (χ1) is 10.0. The van der Waals surface area contributed by atoms with Gasteiger partial charge < -0.3 is 16.0 Å². The second-order valence-electron chi connectivity index (χ2n) is 4.46. The molecule has 0 saturated carbocycles. The number of benzene rings is 1. The maximum absolute atomic E-state index is 12.3. The third-order valence-corrected chi connectivity index (χ3v) is 4.14. The Morgan fingerprint density at radius 1 is 1.38 bits per heavy atom. The molecule has 3 aromatic rings. The third-order valence-electron chi connectivity index (χ3n) is 3.00. The summed E-state index contributed by atoms with van der Waals surface area (Å²) in [5, 5.41) is 3.89. The van der Waals surface area contributed by atoms with Crippen LogP contribution in [0.25, 0.3) is 10.9 Å². The number of amides is 1. The van der Waals surface area contributed by atoms with Crippen LogP contribution in [-0.2, 0) is 0 Å². The third kappa shape index (κ3) is 2.72. The Hall–Kier alpha value is -2.05. The van der Waals surface area contributed by atoms with Gasteiger partial charge in [0.1, 0.15) is 5.15 Å². The lowest BCUT2D eigenvalue weighted by Gasteiger charge is -2.05. The van der Waals surface area contributed by atoms with E-state index in [1.165, 1.54) is 6.20 Å². The Bertz CT molecular complexity index is 846. The van der Waals surface area contributed by atoms with E-state index >= 15 is 0 Å². The minimum atomic E-state index is -0.247. The minimum Gasteiger partial charge on any atom is -0.399 e. The van der Waals surface area contributed by atoms with Crippen molar-refractivity contribution < 1.29 is 4.79 Å². The molecule has 0 saturated heterocycles. The van der Waals surface area contributed by atoms with E-state index in [9.17, 15) is 4.79 Å². The number of nitrogen functional groups attached to an aromatic ring is 1. The molecule has 0 aliphatic carbocycles. The maximum atomic E-state index is 12.3. The van der Waals surface area contributed by atoms with E-state index in [0.717, 1.165) is 10.9 Å². The summed E-state index contributed by atoms with van der Waals surface area (Å²) in [6, 6.07) is 7.07. The smallest absolute Gasteiger partial charge is 0.257 e. The topological polar surface area (TPSA) is 83.8 Å². The number of nitrogens with one attached hydrogen (secondary N) is 2. The number of halogens is 2. The highest BCUT2D eigenvalue weighted by Gasteiger charge is 2.13. The Labute approximate surface area is 133 Å². The van der Waals surface area contributed by atoms with Crippen LogP contribution in [0.15, 0.2) is 41.1 Å². The Kier molecular flexibility index (Phi) is 3.57. The van der Waals surface area contributed by atoms with Gasteiger partial charge in [0.15, 0.2) is 0 Å². The van der Waals surface area contributed by atoms with Crippen LogP contribution in [0, 0.1) is 0 Å². The van der Waals surface area contributed by atoms with Crippen LogP contribution < -0.4 is 11.1 Å². The van der Waals surface area contributed by atoms with Crippen molar-refractivity contribution in [1.29, 1.82) is 0 Å². The molecule has 3 rings (SSSR count). The summed E-state index contributed by atoms with van der Waals surface area (Å²) in [5.41, 5.74) is 8.29. The number of carbonyl (C=O) groups excluding carboxylic acids is 1. The van der Waals surface area contributed by atoms with E-state index in [0.29, 0.717) is 26.6 Å². The first kappa shape index (κ1) is 13.9. The van der Waals surface area contributed by atoms with Gasteiger partial charge in [-0.15, -0.1) is 0 Å². The maximum Gasteiger partial charge on any atom is 0.257 e. The number of aromatic amines is 1. The highest BCUT2D eigenvalue weighted by Crippen LogP contribution is 2.25. The molecule has 0 aliphatic heterocycles. The molecule has 2 aromatic heterocycles. The van der Waals surface area contributed by atoms with E-state index in [-0.39, 0.29) is 5.91 Å². The summed E-state index contributed by atoms with van der Waals surface area (Å²) in [4.78, 5) is 19.4. The van der Waals surface area contributed by atoms with Gasteiger partial charge in [0.05, 0.1) is 21.9 Å². The standard InChI is InChI=1S/C14H10BrClN4O/c15-11-4-8(5-19-13(11)16)20-14(21)10-6-18-12-2-1-7(17)3-9(10)12/h1-6,18H,17H2,(H,20,21). The summed E-state index contributed by atoms with van der Waals surface area (Å²) < 4.78 is 0.616. The van der Waals surface area contributed by atoms with Crippen molar-refractivity contribution in [2.75, 3.05) is 11.1 Å². The molecule has 4 N–H and O–H groups in total. The molecule has 106 valence electrons. The normalized spacial score (nSPS) is 10.8. The van der Waals surface area contributed by atoms with Crippen molar-refractivity contribution in [2.45, 2.75) is 0 Å². The SMILES string of the molecule is Nc1ccc2[nH]cc(C(=O)Nc3cnc(Cl)c(Br)c3)c2c1. The van der Waals surface area contributed by atoms with Crippen molar-refractivity contribution in [2.24, 2.45) is 0 Å². The van der Waals surface area contributed by atoms with E-state index in [2.05, 4.69) is 31.2 Å². The molecule has 5 nitrogen and oxygen atoms in total. The van der Waals surface area contributed by atoms with Crippen LogP contribution in [0.1, 0.15) is 10.4 Å². The number of nitrogens with two attached hydrogens (primary N) is 1. The summed E-state index contributed by atoms with van der Waals surface area (Å²) >= 11 is 9.09. The van der Waals surface area contributed by atoms with Crippen LogP contribution in [0.5, 0.6) is 0 Å². The second kappa shape index (κ2) is 5.38. The van der Waals surface area contributed by atoms with Crippen molar-refractivity contribution in [3.63, 3.8) is 0 Å². The number of rotatable bonds is 2. The van der Waals surface area contributed by atoms with Crippen LogP contribution in [0.4, 0.5) is 11.4 Å². The molecule has 0 unspecified atom stereocenters. The number of anilines is 2. The molecule has 1 aromatic carbocycles. The van der Waals surface area contributed by atoms with Gasteiger partial charge in [-0.1, -0.05) is 11.6 Å². The van der Waals surface area contributed by atoms with Crippen LogP contribution in [-0.4, -0.2) is 15.9 Å². The van der Waals surface area contributed by atoms with E-state index in [1.807, 2.05) is 6.07 Å². The molecule has 0 bridgehead atoms. The van der Waals surface area contributed by atoms with Crippen LogP contribution >= 0.6 is 27.5 Å². The van der Waals surface area contributed by atoms with Gasteiger partial charge in [-0.05, 0) is 40.2 Å². The van der Waals surface area contributed by atoms with Gasteiger partial charge in [-0.25, -0.2) is 4.98 Å². The number of aromatic nitrogens is 2. The van der Waals surface area contributed by atoms with Gasteiger partial charge in [0, 0.05) is 22.8 Å². The molecule has 0 spiro atoms. The van der Waals surface area contributed by atoms with Gasteiger partial charge >= 0.3 is 0 Å². The number of H-pyrrole nitrogens is 1. The molecule has 1 amide bonds. The first-order valence-corrected chi connectivity index (χ1v) is 7.20. The number of fused-ring (bicyclic) bond motifs is 1. The Morgan fingerprint density at radius 3 is 2.95 bits per heavy atom. The van der Waals surface area contributed by atoms with Crippen molar-refractivity contribution >= 4 is 55.7 Å². The number of hydrogen-bond acceptors (Lipinski definition) is 3. The molecule has 21 heavy (non-hydrogen) atoms. The fraction of sp³-hybridized carbons (Fsp3) is 0. The Morgan fingerprint density at radius 2 is 2.19 bits per heavy atom. The van der Waals surface area contributed by atoms with E-state index in [4.69, 9.17) is 17.3 Å². The lowest BCUT2D eigenvalue weighted by molar-refractivity contribution is 0.102. The summed E-state index contributed by atoms with van der Waals surface area (Å²) in [6.45, 7) is 0. The highest BCUT2D eigenvalue weighted by atomic mass is 79.9. The number of hydrogen-bond donors (Lipinski definition) is 3. The zero-order valence-electron chi connectivity index (χ0n) is 10.7. The van der Waals surface area contributed by atoms with E-state index < -0.39 is 0 Å². The van der Waals surface area contributed by atoms with Gasteiger partial charge in [-0.3, -0.25) is 4.79 Å². The van der Waals surface area contributed by atoms with Crippen molar-refractivity contribution in [1.82, 2.24) is 9.97 Å². The minimum absolute atomic E-state index is 0.247. The van der Waals surface area contributed by atoms with Gasteiger partial charge in [0.2, 0.25) is 0 Å². The van der Waals surface area contributed by atoms with Crippen molar-refractivity contribution in [3.8, 4) is 0 Å². The number of pyridine rings is 1. The second-order valence-corrected chi connectivity index (χ2v) is 5.67. The fourth-order valence-corrected chi connectivity index (χ4v) is 2.47. The lowest BCUT2D eigenvalue weighted by atomic mass is 10.1. The molecule has 0 radical (unpaired) electrons.